The summed E-state index contributed by atoms with van der Waals surface area (Å²) >= 11 is 5.95. The van der Waals surface area contributed by atoms with E-state index in [2.05, 4.69) is 15.6 Å². The molecule has 0 radical (unpaired) electrons. The van der Waals surface area contributed by atoms with Gasteiger partial charge in [0.1, 0.15) is 6.29 Å². The van der Waals surface area contributed by atoms with Gasteiger partial charge >= 0.3 is 6.09 Å². The number of ether oxygens (including phenoxy) is 1. The Morgan fingerprint density at radius 3 is 2.58 bits per heavy atom. The molecule has 3 aromatic rings. The molecule has 1 heterocycles. The molecule has 31 heavy (non-hydrogen) atoms. The number of aldehydes is 1. The number of aryl methyl sites for hydroxylation is 1. The van der Waals surface area contributed by atoms with Crippen LogP contribution in [-0.4, -0.2) is 29.3 Å². The van der Waals surface area contributed by atoms with Gasteiger partial charge in [-0.3, -0.25) is 4.79 Å². The molecule has 0 saturated heterocycles. The molecule has 0 fully saturated rings. The Balaban J connectivity index is 1.71. The molecule has 0 saturated carbocycles. The molecule has 7 nitrogen and oxygen atoms in total. The molecule has 8 heteroatoms. The molecule has 0 aliphatic heterocycles. The van der Waals surface area contributed by atoms with E-state index in [0.717, 1.165) is 5.56 Å². The van der Waals surface area contributed by atoms with Crippen molar-refractivity contribution in [3.05, 3.63) is 88.7 Å². The molecule has 158 valence electrons. The third-order valence-corrected chi connectivity index (χ3v) is 4.50. The quantitative estimate of drug-likeness (QED) is 0.540. The van der Waals surface area contributed by atoms with E-state index in [1.807, 2.05) is 30.3 Å². The molecule has 0 bridgehead atoms. The predicted molar refractivity (Wildman–Crippen MR) is 118 cm³/mol. The molecule has 1 aromatic heterocycles. The lowest BCUT2D eigenvalue weighted by Crippen LogP contribution is -2.39. The van der Waals surface area contributed by atoms with Crippen LogP contribution in [0.5, 0.6) is 5.75 Å². The minimum atomic E-state index is -0.865. The maximum Gasteiger partial charge on any atom is 0.413 e. The number of rotatable bonds is 7. The van der Waals surface area contributed by atoms with E-state index in [4.69, 9.17) is 16.3 Å². The average Bonchev–Trinajstić information content (AvgIpc) is 2.75. The van der Waals surface area contributed by atoms with Crippen LogP contribution in [0.4, 0.5) is 10.5 Å². The molecular weight excluding hydrogens is 418 g/mol. The summed E-state index contributed by atoms with van der Waals surface area (Å²) in [5.74, 6) is -0.600. The summed E-state index contributed by atoms with van der Waals surface area (Å²) in [7, 11) is 0. The second-order valence-electron chi connectivity index (χ2n) is 6.73. The highest BCUT2D eigenvalue weighted by molar-refractivity contribution is 6.31. The van der Waals surface area contributed by atoms with Crippen LogP contribution >= 0.6 is 11.6 Å². The number of hydrogen-bond acceptors (Lipinski definition) is 5. The van der Waals surface area contributed by atoms with Gasteiger partial charge in [0, 0.05) is 16.4 Å². The highest BCUT2D eigenvalue weighted by Gasteiger charge is 2.20. The zero-order valence-electron chi connectivity index (χ0n) is 16.7. The molecule has 2 amide bonds. The molecule has 0 aliphatic carbocycles. The predicted octanol–water partition coefficient (Wildman–Crippen LogP) is 4.19. The van der Waals surface area contributed by atoms with E-state index in [-0.39, 0.29) is 11.4 Å². The normalized spacial score (nSPS) is 11.3. The van der Waals surface area contributed by atoms with Crippen molar-refractivity contribution in [3.8, 4) is 5.75 Å². The molecule has 2 N–H and O–H groups in total. The fourth-order valence-corrected chi connectivity index (χ4v) is 3.02. The summed E-state index contributed by atoms with van der Waals surface area (Å²) in [5, 5.41) is 5.63. The van der Waals surface area contributed by atoms with E-state index in [9.17, 15) is 14.4 Å². The van der Waals surface area contributed by atoms with Crippen molar-refractivity contribution in [2.45, 2.75) is 19.4 Å². The Kier molecular flexibility index (Phi) is 7.35. The second-order valence-corrected chi connectivity index (χ2v) is 7.17. The number of nitrogens with one attached hydrogen (secondary N) is 2. The van der Waals surface area contributed by atoms with Crippen LogP contribution in [0.2, 0.25) is 5.02 Å². The van der Waals surface area contributed by atoms with Crippen LogP contribution in [0, 0.1) is 6.92 Å². The van der Waals surface area contributed by atoms with Crippen LogP contribution in [0.1, 0.15) is 21.7 Å². The van der Waals surface area contributed by atoms with Gasteiger partial charge in [-0.2, -0.15) is 0 Å². The highest BCUT2D eigenvalue weighted by atomic mass is 35.5. The first kappa shape index (κ1) is 22.0. The summed E-state index contributed by atoms with van der Waals surface area (Å²) in [4.78, 5) is 40.7. The van der Waals surface area contributed by atoms with E-state index in [1.54, 1.807) is 37.3 Å². The van der Waals surface area contributed by atoms with Gasteiger partial charge in [0.25, 0.3) is 5.91 Å². The fourth-order valence-electron chi connectivity index (χ4n) is 2.83. The third-order valence-electron chi connectivity index (χ3n) is 4.26. The molecule has 0 aliphatic rings. The van der Waals surface area contributed by atoms with Crippen LogP contribution in [0.25, 0.3) is 0 Å². The van der Waals surface area contributed by atoms with E-state index >= 15 is 0 Å². The number of carbonyl (C=O) groups is 3. The first-order chi connectivity index (χ1) is 14.9. The number of benzene rings is 2. The summed E-state index contributed by atoms with van der Waals surface area (Å²) < 4.78 is 5.29. The lowest BCUT2D eigenvalue weighted by molar-refractivity contribution is -0.109. The van der Waals surface area contributed by atoms with Gasteiger partial charge < -0.3 is 20.2 Å². The third kappa shape index (κ3) is 6.38. The molecule has 1 unspecified atom stereocenters. The Labute approximate surface area is 184 Å². The van der Waals surface area contributed by atoms with Gasteiger partial charge in [0.2, 0.25) is 0 Å². The van der Waals surface area contributed by atoms with Crippen molar-refractivity contribution < 1.29 is 19.1 Å². The maximum absolute atomic E-state index is 12.7. The summed E-state index contributed by atoms with van der Waals surface area (Å²) in [5.41, 5.74) is 1.86. The van der Waals surface area contributed by atoms with Crippen molar-refractivity contribution in [2.24, 2.45) is 0 Å². The number of halogens is 1. The van der Waals surface area contributed by atoms with Crippen molar-refractivity contribution in [1.82, 2.24) is 10.3 Å². The summed E-state index contributed by atoms with van der Waals surface area (Å²) in [6.07, 6.45) is 0.0813. The van der Waals surface area contributed by atoms with Gasteiger partial charge in [0.15, 0.2) is 11.4 Å². The zero-order chi connectivity index (χ0) is 22.2. The van der Waals surface area contributed by atoms with Crippen LogP contribution in [-0.2, 0) is 11.2 Å². The minimum Gasteiger partial charge on any atom is -0.408 e. The SMILES string of the molecule is Cc1ccc(OC(=O)NC(C=O)Cc2ccccc2)c(C(=O)Nc2cccc(Cl)c2)n1. The van der Waals surface area contributed by atoms with Gasteiger partial charge in [-0.25, -0.2) is 9.78 Å². The summed E-state index contributed by atoms with van der Waals surface area (Å²) in [6.45, 7) is 1.71. The number of carbonyl (C=O) groups excluding carboxylic acids is 3. The van der Waals surface area contributed by atoms with E-state index in [1.165, 1.54) is 6.07 Å². The van der Waals surface area contributed by atoms with Gasteiger partial charge in [0.05, 0.1) is 6.04 Å². The van der Waals surface area contributed by atoms with Gasteiger partial charge in [-0.15, -0.1) is 0 Å². The number of hydrogen-bond donors (Lipinski definition) is 2. The number of amides is 2. The van der Waals surface area contributed by atoms with E-state index < -0.39 is 18.0 Å². The molecular formula is C23H20ClN3O4. The highest BCUT2D eigenvalue weighted by Crippen LogP contribution is 2.21. The molecule has 1 atom stereocenters. The lowest BCUT2D eigenvalue weighted by Gasteiger charge is -2.14. The Morgan fingerprint density at radius 1 is 1.10 bits per heavy atom. The zero-order valence-corrected chi connectivity index (χ0v) is 17.4. The maximum atomic E-state index is 12.7. The van der Waals surface area contributed by atoms with Crippen LogP contribution in [0.3, 0.4) is 0 Å². The van der Waals surface area contributed by atoms with Gasteiger partial charge in [-0.05, 0) is 49.2 Å². The first-order valence-corrected chi connectivity index (χ1v) is 9.84. The van der Waals surface area contributed by atoms with Crippen molar-refractivity contribution >= 4 is 35.6 Å². The van der Waals surface area contributed by atoms with Crippen LogP contribution in [0.15, 0.2) is 66.7 Å². The number of nitrogens with zero attached hydrogens (tertiary/aromatic N) is 1. The van der Waals surface area contributed by atoms with Crippen molar-refractivity contribution in [2.75, 3.05) is 5.32 Å². The number of pyridine rings is 1. The fraction of sp³-hybridized carbons (Fsp3) is 0.130. The molecule has 0 spiro atoms. The Hall–Kier alpha value is -3.71. The Morgan fingerprint density at radius 2 is 1.87 bits per heavy atom. The van der Waals surface area contributed by atoms with E-state index in [0.29, 0.717) is 29.1 Å². The standard InChI is InChI=1S/C23H20ClN3O4/c1-15-10-11-20(21(25-15)22(29)26-18-9-5-8-17(24)13-18)31-23(30)27-19(14-28)12-16-6-3-2-4-7-16/h2-11,13-14,19H,12H2,1H3,(H,26,29)(H,27,30). The average molecular weight is 438 g/mol. The molecule has 3 rings (SSSR count). The monoisotopic (exact) mass is 437 g/mol. The largest absolute Gasteiger partial charge is 0.413 e. The minimum absolute atomic E-state index is 0.0352. The number of anilines is 1. The summed E-state index contributed by atoms with van der Waals surface area (Å²) in [6, 6.07) is 18.2. The van der Waals surface area contributed by atoms with Crippen LogP contribution < -0.4 is 15.4 Å². The molecule has 2 aromatic carbocycles. The van der Waals surface area contributed by atoms with Gasteiger partial charge in [-0.1, -0.05) is 48.0 Å². The second kappa shape index (κ2) is 10.4. The van der Waals surface area contributed by atoms with Crippen molar-refractivity contribution in [1.29, 1.82) is 0 Å². The van der Waals surface area contributed by atoms with Crippen molar-refractivity contribution in [3.63, 3.8) is 0 Å². The topological polar surface area (TPSA) is 97.4 Å². The first-order valence-electron chi connectivity index (χ1n) is 9.46. The Bertz CT molecular complexity index is 1090. The number of aromatic nitrogens is 1. The smallest absolute Gasteiger partial charge is 0.408 e. The lowest BCUT2D eigenvalue weighted by atomic mass is 10.1.